The molecule has 1 aromatic heterocycles. The number of carbonyl (C=O) groups is 1. The van der Waals surface area contributed by atoms with Gasteiger partial charge in [-0.05, 0) is 26.0 Å². The SMILES string of the molecule is CC(C)(Cc1cnnn1-c1ccccc1F)C(=O)O. The molecule has 0 radical (unpaired) electrons. The number of carboxylic acid groups (broad SMARTS) is 1. The number of aromatic nitrogens is 3. The third kappa shape index (κ3) is 2.62. The van der Waals surface area contributed by atoms with Gasteiger partial charge >= 0.3 is 5.97 Å². The number of hydrogen-bond acceptors (Lipinski definition) is 3. The highest BCUT2D eigenvalue weighted by Crippen LogP contribution is 2.23. The quantitative estimate of drug-likeness (QED) is 0.916. The number of rotatable bonds is 4. The highest BCUT2D eigenvalue weighted by atomic mass is 19.1. The van der Waals surface area contributed by atoms with E-state index in [0.29, 0.717) is 5.69 Å². The first-order valence-corrected chi connectivity index (χ1v) is 5.80. The summed E-state index contributed by atoms with van der Waals surface area (Å²) in [5.74, 6) is -1.35. The average Bonchev–Trinajstić information content (AvgIpc) is 2.77. The normalized spacial score (nSPS) is 11.5. The van der Waals surface area contributed by atoms with E-state index >= 15 is 0 Å². The molecule has 0 aliphatic carbocycles. The van der Waals surface area contributed by atoms with E-state index in [9.17, 15) is 9.18 Å². The molecular weight excluding hydrogens is 249 g/mol. The monoisotopic (exact) mass is 263 g/mol. The van der Waals surface area contributed by atoms with Crippen molar-refractivity contribution in [3.63, 3.8) is 0 Å². The summed E-state index contributed by atoms with van der Waals surface area (Å²) in [4.78, 5) is 11.1. The molecule has 2 rings (SSSR count). The predicted octanol–water partition coefficient (Wildman–Crippen LogP) is 2.06. The molecule has 0 bridgehead atoms. The summed E-state index contributed by atoms with van der Waals surface area (Å²) in [6, 6.07) is 6.16. The maximum atomic E-state index is 13.7. The molecule has 1 aromatic carbocycles. The molecule has 6 heteroatoms. The van der Waals surface area contributed by atoms with Crippen LogP contribution in [0.4, 0.5) is 4.39 Å². The summed E-state index contributed by atoms with van der Waals surface area (Å²) in [6.07, 6.45) is 1.67. The topological polar surface area (TPSA) is 68.0 Å². The van der Waals surface area contributed by atoms with Crippen LogP contribution in [0.5, 0.6) is 0 Å². The van der Waals surface area contributed by atoms with Crippen LogP contribution in [0.25, 0.3) is 5.69 Å². The molecule has 0 saturated carbocycles. The van der Waals surface area contributed by atoms with Crippen LogP contribution in [-0.4, -0.2) is 26.1 Å². The van der Waals surface area contributed by atoms with Crippen molar-refractivity contribution < 1.29 is 14.3 Å². The summed E-state index contributed by atoms with van der Waals surface area (Å²) in [7, 11) is 0. The van der Waals surface area contributed by atoms with Crippen molar-refractivity contribution >= 4 is 5.97 Å². The van der Waals surface area contributed by atoms with Crippen LogP contribution < -0.4 is 0 Å². The fourth-order valence-corrected chi connectivity index (χ4v) is 1.73. The zero-order valence-electron chi connectivity index (χ0n) is 10.7. The number of halogens is 1. The van der Waals surface area contributed by atoms with Gasteiger partial charge in [0.15, 0.2) is 0 Å². The number of aliphatic carboxylic acids is 1. The van der Waals surface area contributed by atoms with Gasteiger partial charge in [0.05, 0.1) is 17.3 Å². The lowest BCUT2D eigenvalue weighted by atomic mass is 9.88. The Morgan fingerprint density at radius 1 is 1.42 bits per heavy atom. The lowest BCUT2D eigenvalue weighted by Crippen LogP contribution is -2.27. The lowest BCUT2D eigenvalue weighted by molar-refractivity contribution is -0.146. The van der Waals surface area contributed by atoms with Gasteiger partial charge in [-0.15, -0.1) is 5.10 Å². The average molecular weight is 263 g/mol. The van der Waals surface area contributed by atoms with Gasteiger partial charge in [0, 0.05) is 6.42 Å². The minimum absolute atomic E-state index is 0.212. The number of carboxylic acids is 1. The highest BCUT2D eigenvalue weighted by Gasteiger charge is 2.29. The Balaban J connectivity index is 2.39. The molecule has 0 aliphatic rings. The Morgan fingerprint density at radius 2 is 2.11 bits per heavy atom. The fourth-order valence-electron chi connectivity index (χ4n) is 1.73. The minimum atomic E-state index is -0.968. The number of hydrogen-bond donors (Lipinski definition) is 1. The van der Waals surface area contributed by atoms with Gasteiger partial charge in [0.1, 0.15) is 11.5 Å². The molecule has 0 aliphatic heterocycles. The van der Waals surface area contributed by atoms with E-state index in [0.717, 1.165) is 0 Å². The Morgan fingerprint density at radius 3 is 2.74 bits per heavy atom. The van der Waals surface area contributed by atoms with E-state index in [1.165, 1.54) is 16.9 Å². The lowest BCUT2D eigenvalue weighted by Gasteiger charge is -2.19. The Kier molecular flexibility index (Phi) is 3.33. The number of para-hydroxylation sites is 1. The van der Waals surface area contributed by atoms with Crippen LogP contribution in [-0.2, 0) is 11.2 Å². The number of benzene rings is 1. The van der Waals surface area contributed by atoms with Crippen LogP contribution in [0.3, 0.4) is 0 Å². The maximum absolute atomic E-state index is 13.7. The fraction of sp³-hybridized carbons (Fsp3) is 0.308. The van der Waals surface area contributed by atoms with Crippen molar-refractivity contribution in [2.45, 2.75) is 20.3 Å². The van der Waals surface area contributed by atoms with Gasteiger partial charge in [-0.2, -0.15) is 0 Å². The molecule has 0 atom stereocenters. The second kappa shape index (κ2) is 4.79. The Labute approximate surface area is 109 Å². The minimum Gasteiger partial charge on any atom is -0.481 e. The van der Waals surface area contributed by atoms with Crippen molar-refractivity contribution in [2.24, 2.45) is 5.41 Å². The molecule has 0 fully saturated rings. The van der Waals surface area contributed by atoms with E-state index in [-0.39, 0.29) is 12.1 Å². The van der Waals surface area contributed by atoms with E-state index < -0.39 is 17.2 Å². The second-order valence-corrected chi connectivity index (χ2v) is 4.95. The maximum Gasteiger partial charge on any atom is 0.309 e. The largest absolute Gasteiger partial charge is 0.481 e. The second-order valence-electron chi connectivity index (χ2n) is 4.95. The predicted molar refractivity (Wildman–Crippen MR) is 66.4 cm³/mol. The zero-order chi connectivity index (χ0) is 14.0. The van der Waals surface area contributed by atoms with Gasteiger partial charge in [-0.25, -0.2) is 9.07 Å². The Hall–Kier alpha value is -2.24. The summed E-state index contributed by atoms with van der Waals surface area (Å²) < 4.78 is 15.1. The molecule has 0 saturated heterocycles. The number of nitrogens with zero attached hydrogens (tertiary/aromatic N) is 3. The summed E-state index contributed by atoms with van der Waals surface area (Å²) >= 11 is 0. The molecule has 1 heterocycles. The van der Waals surface area contributed by atoms with Crippen LogP contribution in [0.2, 0.25) is 0 Å². The van der Waals surface area contributed by atoms with Crippen molar-refractivity contribution in [2.75, 3.05) is 0 Å². The van der Waals surface area contributed by atoms with E-state index in [2.05, 4.69) is 10.3 Å². The zero-order valence-corrected chi connectivity index (χ0v) is 10.7. The summed E-state index contributed by atoms with van der Waals surface area (Å²) in [5, 5.41) is 16.7. The summed E-state index contributed by atoms with van der Waals surface area (Å²) in [6.45, 7) is 3.21. The van der Waals surface area contributed by atoms with Gasteiger partial charge < -0.3 is 5.11 Å². The van der Waals surface area contributed by atoms with Crippen LogP contribution in [0, 0.1) is 11.2 Å². The highest BCUT2D eigenvalue weighted by molar-refractivity contribution is 5.73. The van der Waals surface area contributed by atoms with Crippen LogP contribution >= 0.6 is 0 Å². The molecule has 0 spiro atoms. The molecule has 100 valence electrons. The molecule has 0 amide bonds. The van der Waals surface area contributed by atoms with Crippen LogP contribution in [0.15, 0.2) is 30.5 Å². The van der Waals surface area contributed by atoms with E-state index in [1.807, 2.05) is 0 Å². The third-order valence-electron chi connectivity index (χ3n) is 2.90. The molecular formula is C13H14FN3O2. The van der Waals surface area contributed by atoms with Gasteiger partial charge in [-0.3, -0.25) is 4.79 Å². The molecule has 0 unspecified atom stereocenters. The smallest absolute Gasteiger partial charge is 0.309 e. The molecule has 19 heavy (non-hydrogen) atoms. The first-order chi connectivity index (χ1) is 8.92. The Bertz CT molecular complexity index is 607. The van der Waals surface area contributed by atoms with Crippen molar-refractivity contribution in [3.8, 4) is 5.69 Å². The third-order valence-corrected chi connectivity index (χ3v) is 2.90. The molecule has 2 aromatic rings. The molecule has 1 N–H and O–H groups in total. The van der Waals surface area contributed by atoms with E-state index in [4.69, 9.17) is 5.11 Å². The standard InChI is InChI=1S/C13H14FN3O2/c1-13(2,12(18)19)7-9-8-15-16-17(9)11-6-4-3-5-10(11)14/h3-6,8H,7H2,1-2H3,(H,18,19). The van der Waals surface area contributed by atoms with Gasteiger partial charge in [0.25, 0.3) is 0 Å². The van der Waals surface area contributed by atoms with Crippen LogP contribution in [0.1, 0.15) is 19.5 Å². The van der Waals surface area contributed by atoms with Crippen molar-refractivity contribution in [1.29, 1.82) is 0 Å². The first-order valence-electron chi connectivity index (χ1n) is 5.80. The summed E-state index contributed by atoms with van der Waals surface area (Å²) in [5.41, 5.74) is -0.154. The van der Waals surface area contributed by atoms with Gasteiger partial charge in [0.2, 0.25) is 0 Å². The van der Waals surface area contributed by atoms with E-state index in [1.54, 1.807) is 32.0 Å². The van der Waals surface area contributed by atoms with Crippen molar-refractivity contribution in [3.05, 3.63) is 42.0 Å². The first kappa shape index (κ1) is 13.2. The molecule has 5 nitrogen and oxygen atoms in total. The van der Waals surface area contributed by atoms with Crippen molar-refractivity contribution in [1.82, 2.24) is 15.0 Å². The van der Waals surface area contributed by atoms with Gasteiger partial charge in [-0.1, -0.05) is 17.3 Å².